The van der Waals surface area contributed by atoms with Crippen molar-refractivity contribution in [3.63, 3.8) is 0 Å². The van der Waals surface area contributed by atoms with Crippen LogP contribution >= 0.6 is 0 Å². The number of nitriles is 1. The van der Waals surface area contributed by atoms with E-state index in [-0.39, 0.29) is 5.78 Å². The first kappa shape index (κ1) is 11.9. The zero-order valence-electron chi connectivity index (χ0n) is 9.38. The number of nitrogens with zero attached hydrogens (tertiary/aromatic N) is 2. The van der Waals surface area contributed by atoms with E-state index in [2.05, 4.69) is 4.98 Å². The number of rotatable bonds is 3. The molecule has 18 heavy (non-hydrogen) atoms. The molecule has 0 radical (unpaired) electrons. The first-order valence-corrected chi connectivity index (χ1v) is 5.31. The van der Waals surface area contributed by atoms with Crippen LogP contribution in [0, 0.1) is 17.1 Å². The molecule has 0 bridgehead atoms. The fourth-order valence-electron chi connectivity index (χ4n) is 1.65. The topological polar surface area (TPSA) is 53.8 Å². The van der Waals surface area contributed by atoms with Gasteiger partial charge in [-0.25, -0.2) is 4.39 Å². The molecule has 3 nitrogen and oxygen atoms in total. The smallest absolute Gasteiger partial charge is 0.185 e. The van der Waals surface area contributed by atoms with E-state index in [1.54, 1.807) is 24.4 Å². The van der Waals surface area contributed by atoms with Crippen molar-refractivity contribution >= 4 is 5.78 Å². The van der Waals surface area contributed by atoms with Gasteiger partial charge in [0.15, 0.2) is 5.78 Å². The Kier molecular flexibility index (Phi) is 3.44. The Balaban J connectivity index is 2.36. The molecular weight excluding hydrogens is 231 g/mol. The molecular formula is C14H9FN2O. The van der Waals surface area contributed by atoms with Crippen molar-refractivity contribution in [1.82, 2.24) is 4.98 Å². The van der Waals surface area contributed by atoms with Gasteiger partial charge in [-0.1, -0.05) is 12.1 Å². The average molecular weight is 240 g/mol. The predicted octanol–water partition coefficient (Wildman–Crippen LogP) is 2.71. The number of aromatic nitrogens is 1. The predicted molar refractivity (Wildman–Crippen MR) is 63.3 cm³/mol. The SMILES string of the molecule is N#C[C@@H](C(=O)c1cccnc1)c1cccc(F)c1. The molecule has 1 aromatic heterocycles. The molecule has 0 saturated carbocycles. The summed E-state index contributed by atoms with van der Waals surface area (Å²) in [6.07, 6.45) is 2.94. The van der Waals surface area contributed by atoms with E-state index in [4.69, 9.17) is 5.26 Å². The summed E-state index contributed by atoms with van der Waals surface area (Å²) in [4.78, 5) is 15.9. The first-order valence-electron chi connectivity index (χ1n) is 5.31. The van der Waals surface area contributed by atoms with Crippen molar-refractivity contribution in [1.29, 1.82) is 5.26 Å². The van der Waals surface area contributed by atoms with Crippen LogP contribution in [0.5, 0.6) is 0 Å². The van der Waals surface area contributed by atoms with Gasteiger partial charge in [0, 0.05) is 18.0 Å². The molecule has 0 aliphatic carbocycles. The third-order valence-corrected chi connectivity index (χ3v) is 2.52. The van der Waals surface area contributed by atoms with E-state index in [0.717, 1.165) is 0 Å². The number of halogens is 1. The summed E-state index contributed by atoms with van der Waals surface area (Å²) in [5.74, 6) is -1.85. The molecule has 0 unspecified atom stereocenters. The van der Waals surface area contributed by atoms with Gasteiger partial charge in [-0.15, -0.1) is 0 Å². The Morgan fingerprint density at radius 2 is 2.17 bits per heavy atom. The fraction of sp³-hybridized carbons (Fsp3) is 0.0714. The van der Waals surface area contributed by atoms with Crippen LogP contribution in [0.15, 0.2) is 48.8 Å². The summed E-state index contributed by atoms with van der Waals surface area (Å²) in [5.41, 5.74) is 0.694. The Hall–Kier alpha value is -2.54. The van der Waals surface area contributed by atoms with E-state index >= 15 is 0 Å². The number of hydrogen-bond donors (Lipinski definition) is 0. The standard InChI is InChI=1S/C14H9FN2O/c15-12-5-1-3-10(7-12)13(8-16)14(18)11-4-2-6-17-9-11/h1-7,9,13H/t13-/m1/s1. The molecule has 88 valence electrons. The number of benzene rings is 1. The second-order valence-electron chi connectivity index (χ2n) is 3.72. The van der Waals surface area contributed by atoms with Gasteiger partial charge in [-0.2, -0.15) is 5.26 Å². The molecule has 1 atom stereocenters. The van der Waals surface area contributed by atoms with E-state index in [0.29, 0.717) is 11.1 Å². The maximum absolute atomic E-state index is 13.1. The number of carbonyl (C=O) groups is 1. The minimum absolute atomic E-state index is 0.341. The summed E-state index contributed by atoms with van der Waals surface area (Å²) in [6, 6.07) is 10.6. The highest BCUT2D eigenvalue weighted by atomic mass is 19.1. The Morgan fingerprint density at radius 3 is 2.78 bits per heavy atom. The van der Waals surface area contributed by atoms with Gasteiger partial charge in [0.25, 0.3) is 0 Å². The van der Waals surface area contributed by atoms with Crippen molar-refractivity contribution in [3.8, 4) is 6.07 Å². The minimum atomic E-state index is -1.01. The number of pyridine rings is 1. The molecule has 0 aliphatic heterocycles. The Bertz CT molecular complexity index is 605. The van der Waals surface area contributed by atoms with Gasteiger partial charge in [0.05, 0.1) is 6.07 Å². The summed E-state index contributed by atoms with van der Waals surface area (Å²) >= 11 is 0. The highest BCUT2D eigenvalue weighted by molar-refractivity contribution is 6.02. The molecule has 2 aromatic rings. The van der Waals surface area contributed by atoms with Crippen LogP contribution in [0.25, 0.3) is 0 Å². The molecule has 0 saturated heterocycles. The zero-order valence-corrected chi connectivity index (χ0v) is 9.38. The van der Waals surface area contributed by atoms with Gasteiger partial charge in [-0.05, 0) is 29.8 Å². The molecule has 2 rings (SSSR count). The lowest BCUT2D eigenvalue weighted by atomic mass is 9.92. The maximum Gasteiger partial charge on any atom is 0.185 e. The fourth-order valence-corrected chi connectivity index (χ4v) is 1.65. The van der Waals surface area contributed by atoms with Crippen LogP contribution in [0.1, 0.15) is 21.8 Å². The van der Waals surface area contributed by atoms with Crippen LogP contribution < -0.4 is 0 Å². The highest BCUT2D eigenvalue weighted by Gasteiger charge is 2.22. The van der Waals surface area contributed by atoms with Crippen LogP contribution in [0.4, 0.5) is 4.39 Å². The number of carbonyl (C=O) groups excluding carboxylic acids is 1. The van der Waals surface area contributed by atoms with Crippen LogP contribution in [-0.2, 0) is 0 Å². The van der Waals surface area contributed by atoms with Crippen molar-refractivity contribution in [2.24, 2.45) is 0 Å². The Labute approximate surface area is 104 Å². The van der Waals surface area contributed by atoms with Crippen LogP contribution in [0.2, 0.25) is 0 Å². The van der Waals surface area contributed by atoms with Gasteiger partial charge < -0.3 is 0 Å². The number of hydrogen-bond acceptors (Lipinski definition) is 3. The van der Waals surface area contributed by atoms with Crippen molar-refractivity contribution < 1.29 is 9.18 Å². The third kappa shape index (κ3) is 2.41. The average Bonchev–Trinajstić information content (AvgIpc) is 2.40. The molecule has 4 heteroatoms. The lowest BCUT2D eigenvalue weighted by Gasteiger charge is -2.08. The van der Waals surface area contributed by atoms with E-state index in [1.165, 1.54) is 24.4 Å². The first-order chi connectivity index (χ1) is 8.72. The normalized spacial score (nSPS) is 11.6. The van der Waals surface area contributed by atoms with Crippen molar-refractivity contribution in [2.45, 2.75) is 5.92 Å². The van der Waals surface area contributed by atoms with E-state index in [9.17, 15) is 9.18 Å². The Morgan fingerprint density at radius 1 is 1.33 bits per heavy atom. The van der Waals surface area contributed by atoms with Gasteiger partial charge >= 0.3 is 0 Å². The molecule has 0 fully saturated rings. The summed E-state index contributed by atoms with van der Waals surface area (Å²) in [5, 5.41) is 9.09. The largest absolute Gasteiger partial charge is 0.292 e. The lowest BCUT2D eigenvalue weighted by Crippen LogP contribution is -2.11. The summed E-state index contributed by atoms with van der Waals surface area (Å²) < 4.78 is 13.1. The second-order valence-corrected chi connectivity index (χ2v) is 3.72. The minimum Gasteiger partial charge on any atom is -0.292 e. The van der Waals surface area contributed by atoms with Crippen LogP contribution in [-0.4, -0.2) is 10.8 Å². The molecule has 0 spiro atoms. The van der Waals surface area contributed by atoms with Crippen molar-refractivity contribution in [2.75, 3.05) is 0 Å². The van der Waals surface area contributed by atoms with E-state index in [1.807, 2.05) is 6.07 Å². The number of ketones is 1. The van der Waals surface area contributed by atoms with Gasteiger partial charge in [-0.3, -0.25) is 9.78 Å². The molecule has 1 aromatic carbocycles. The van der Waals surface area contributed by atoms with Gasteiger partial charge in [0.2, 0.25) is 0 Å². The second kappa shape index (κ2) is 5.19. The zero-order chi connectivity index (χ0) is 13.0. The summed E-state index contributed by atoms with van der Waals surface area (Å²) in [6.45, 7) is 0. The highest BCUT2D eigenvalue weighted by Crippen LogP contribution is 2.20. The summed E-state index contributed by atoms with van der Waals surface area (Å²) in [7, 11) is 0. The molecule has 0 N–H and O–H groups in total. The molecule has 0 aliphatic rings. The third-order valence-electron chi connectivity index (χ3n) is 2.52. The molecule has 0 amide bonds. The number of Topliss-reactive ketones (excluding diaryl/α,β-unsaturated/α-hetero) is 1. The monoisotopic (exact) mass is 240 g/mol. The molecule has 1 heterocycles. The maximum atomic E-state index is 13.1. The van der Waals surface area contributed by atoms with Gasteiger partial charge in [0.1, 0.15) is 11.7 Å². The van der Waals surface area contributed by atoms with Crippen molar-refractivity contribution in [3.05, 3.63) is 65.7 Å². The lowest BCUT2D eigenvalue weighted by molar-refractivity contribution is 0.0978. The van der Waals surface area contributed by atoms with Crippen LogP contribution in [0.3, 0.4) is 0 Å². The quantitative estimate of drug-likeness (QED) is 0.775. The van der Waals surface area contributed by atoms with E-state index < -0.39 is 11.7 Å².